The van der Waals surface area contributed by atoms with Gasteiger partial charge < -0.3 is 14.0 Å². The number of carbonyl (C=O) groups excluding carboxylic acids is 1. The van der Waals surface area contributed by atoms with Gasteiger partial charge in [-0.2, -0.15) is 0 Å². The molecule has 28 heavy (non-hydrogen) atoms. The van der Waals surface area contributed by atoms with Gasteiger partial charge in [-0.3, -0.25) is 0 Å². The van der Waals surface area contributed by atoms with Crippen LogP contribution in [0.15, 0.2) is 71.3 Å². The molecular weight excluding hydrogens is 361 g/mol. The summed E-state index contributed by atoms with van der Waals surface area (Å²) in [6, 6.07) is 18.2. The van der Waals surface area contributed by atoms with Gasteiger partial charge in [0.15, 0.2) is 5.58 Å². The lowest BCUT2D eigenvalue weighted by Crippen LogP contribution is -2.08. The van der Waals surface area contributed by atoms with Crippen molar-refractivity contribution in [3.8, 4) is 11.5 Å². The number of ether oxygens (including phenoxy) is 2. The minimum Gasteiger partial charge on any atom is -0.497 e. The number of nitrogens with zero attached hydrogens (tertiary/aromatic N) is 1. The summed E-state index contributed by atoms with van der Waals surface area (Å²) in [5, 5.41) is 4.77. The lowest BCUT2D eigenvalue weighted by molar-refractivity contribution is 0.0734. The van der Waals surface area contributed by atoms with E-state index in [1.165, 1.54) is 13.2 Å². The van der Waals surface area contributed by atoms with Gasteiger partial charge in [0, 0.05) is 17.9 Å². The fourth-order valence-corrected chi connectivity index (χ4v) is 2.90. The first-order chi connectivity index (χ1) is 13.6. The molecule has 0 aliphatic heterocycles. The Labute approximate surface area is 160 Å². The van der Waals surface area contributed by atoms with E-state index in [4.69, 9.17) is 14.0 Å². The third kappa shape index (κ3) is 3.57. The van der Waals surface area contributed by atoms with Gasteiger partial charge in [-0.15, -0.1) is 0 Å². The molecule has 0 fully saturated rings. The standard InChI is InChI=1S/C22H16FNO4/c1-26-16-7-4-6-15(11-16)22(25)27-17-9-10-18-20(24-28-21(18)13-17)12-14-5-2-3-8-19(14)23/h2-11,13H,12H2,1H3. The number of benzene rings is 3. The first-order valence-corrected chi connectivity index (χ1v) is 8.62. The third-order valence-electron chi connectivity index (χ3n) is 4.35. The van der Waals surface area contributed by atoms with E-state index in [-0.39, 0.29) is 5.82 Å². The predicted molar refractivity (Wildman–Crippen MR) is 101 cm³/mol. The van der Waals surface area contributed by atoms with Gasteiger partial charge in [0.25, 0.3) is 0 Å². The number of hydrogen-bond acceptors (Lipinski definition) is 5. The first kappa shape index (κ1) is 17.7. The summed E-state index contributed by atoms with van der Waals surface area (Å²) in [4.78, 5) is 12.3. The van der Waals surface area contributed by atoms with E-state index in [9.17, 15) is 9.18 Å². The largest absolute Gasteiger partial charge is 0.497 e. The summed E-state index contributed by atoms with van der Waals surface area (Å²) < 4.78 is 29.7. The molecule has 5 nitrogen and oxygen atoms in total. The average molecular weight is 377 g/mol. The second-order valence-corrected chi connectivity index (χ2v) is 6.18. The Hall–Kier alpha value is -3.67. The zero-order chi connectivity index (χ0) is 19.5. The molecule has 0 aliphatic rings. The summed E-state index contributed by atoms with van der Waals surface area (Å²) in [6.07, 6.45) is 0.308. The molecule has 0 aliphatic carbocycles. The highest BCUT2D eigenvalue weighted by Gasteiger charge is 2.14. The molecule has 0 saturated carbocycles. The van der Waals surface area contributed by atoms with Crippen molar-refractivity contribution >= 4 is 16.9 Å². The van der Waals surface area contributed by atoms with Gasteiger partial charge in [0.05, 0.1) is 18.4 Å². The fourth-order valence-electron chi connectivity index (χ4n) is 2.90. The third-order valence-corrected chi connectivity index (χ3v) is 4.35. The second kappa shape index (κ2) is 7.52. The molecule has 0 amide bonds. The minimum atomic E-state index is -0.510. The number of aromatic nitrogens is 1. The van der Waals surface area contributed by atoms with Crippen LogP contribution < -0.4 is 9.47 Å². The van der Waals surface area contributed by atoms with Crippen molar-refractivity contribution in [2.75, 3.05) is 7.11 Å². The maximum atomic E-state index is 13.9. The minimum absolute atomic E-state index is 0.289. The van der Waals surface area contributed by atoms with Crippen LogP contribution in [0.4, 0.5) is 4.39 Å². The van der Waals surface area contributed by atoms with Crippen molar-refractivity contribution in [3.05, 3.63) is 89.4 Å². The van der Waals surface area contributed by atoms with Crippen LogP contribution in [0, 0.1) is 5.82 Å². The van der Waals surface area contributed by atoms with Crippen LogP contribution in [0.3, 0.4) is 0 Å². The molecule has 0 atom stereocenters. The van der Waals surface area contributed by atoms with Crippen LogP contribution >= 0.6 is 0 Å². The van der Waals surface area contributed by atoms with E-state index >= 15 is 0 Å². The highest BCUT2D eigenvalue weighted by molar-refractivity contribution is 5.92. The van der Waals surface area contributed by atoms with Gasteiger partial charge in [0.1, 0.15) is 17.3 Å². The summed E-state index contributed by atoms with van der Waals surface area (Å²) in [7, 11) is 1.53. The van der Waals surface area contributed by atoms with E-state index in [1.54, 1.807) is 60.7 Å². The molecule has 0 unspecified atom stereocenters. The molecule has 140 valence electrons. The Balaban J connectivity index is 1.55. The molecule has 1 aromatic heterocycles. The normalized spacial score (nSPS) is 10.8. The number of hydrogen-bond donors (Lipinski definition) is 0. The Kier molecular flexibility index (Phi) is 4.76. The van der Waals surface area contributed by atoms with Crippen molar-refractivity contribution < 1.29 is 23.2 Å². The van der Waals surface area contributed by atoms with Crippen LogP contribution in [-0.2, 0) is 6.42 Å². The van der Waals surface area contributed by atoms with Crippen LogP contribution in [-0.4, -0.2) is 18.2 Å². The van der Waals surface area contributed by atoms with E-state index in [1.807, 2.05) is 0 Å². The maximum Gasteiger partial charge on any atom is 0.343 e. The number of rotatable bonds is 5. The van der Waals surface area contributed by atoms with Gasteiger partial charge in [-0.25, -0.2) is 9.18 Å². The van der Waals surface area contributed by atoms with Crippen molar-refractivity contribution in [1.82, 2.24) is 5.16 Å². The lowest BCUT2D eigenvalue weighted by atomic mass is 10.1. The number of halogens is 1. The monoisotopic (exact) mass is 377 g/mol. The number of methoxy groups -OCH3 is 1. The number of carbonyl (C=O) groups is 1. The Morgan fingerprint density at radius 1 is 1.04 bits per heavy atom. The number of esters is 1. The second-order valence-electron chi connectivity index (χ2n) is 6.18. The van der Waals surface area contributed by atoms with Crippen LogP contribution in [0.25, 0.3) is 11.0 Å². The lowest BCUT2D eigenvalue weighted by Gasteiger charge is -2.06. The zero-order valence-corrected chi connectivity index (χ0v) is 15.0. The maximum absolute atomic E-state index is 13.9. The quantitative estimate of drug-likeness (QED) is 0.370. The number of fused-ring (bicyclic) bond motifs is 1. The van der Waals surface area contributed by atoms with E-state index in [0.29, 0.717) is 40.3 Å². The molecule has 0 spiro atoms. The summed E-state index contributed by atoms with van der Waals surface area (Å²) >= 11 is 0. The predicted octanol–water partition coefficient (Wildman–Crippen LogP) is 4.79. The SMILES string of the molecule is COc1cccc(C(=O)Oc2ccc3c(Cc4ccccc4F)noc3c2)c1. The van der Waals surface area contributed by atoms with Crippen LogP contribution in [0.1, 0.15) is 21.6 Å². The summed E-state index contributed by atoms with van der Waals surface area (Å²) in [5.41, 5.74) is 1.98. The van der Waals surface area contributed by atoms with Crippen molar-refractivity contribution in [3.63, 3.8) is 0 Å². The van der Waals surface area contributed by atoms with Crippen molar-refractivity contribution in [1.29, 1.82) is 0 Å². The molecular formula is C22H16FNO4. The van der Waals surface area contributed by atoms with Gasteiger partial charge in [0.2, 0.25) is 0 Å². The van der Waals surface area contributed by atoms with Crippen molar-refractivity contribution in [2.45, 2.75) is 6.42 Å². The van der Waals surface area contributed by atoms with Gasteiger partial charge >= 0.3 is 5.97 Å². The zero-order valence-electron chi connectivity index (χ0n) is 15.0. The van der Waals surface area contributed by atoms with Gasteiger partial charge in [-0.1, -0.05) is 29.4 Å². The highest BCUT2D eigenvalue weighted by atomic mass is 19.1. The summed E-state index contributed by atoms with van der Waals surface area (Å²) in [6.45, 7) is 0. The Morgan fingerprint density at radius 3 is 2.71 bits per heavy atom. The smallest absolute Gasteiger partial charge is 0.343 e. The van der Waals surface area contributed by atoms with Crippen LogP contribution in [0.5, 0.6) is 11.5 Å². The molecule has 4 rings (SSSR count). The van der Waals surface area contributed by atoms with E-state index < -0.39 is 5.97 Å². The van der Waals surface area contributed by atoms with Crippen molar-refractivity contribution in [2.24, 2.45) is 0 Å². The Bertz CT molecular complexity index is 1150. The van der Waals surface area contributed by atoms with E-state index in [2.05, 4.69) is 5.16 Å². The molecule has 3 aromatic carbocycles. The molecule has 0 saturated heterocycles. The first-order valence-electron chi connectivity index (χ1n) is 8.62. The fraction of sp³-hybridized carbons (Fsp3) is 0.0909. The van der Waals surface area contributed by atoms with Crippen LogP contribution in [0.2, 0.25) is 0 Å². The molecule has 4 aromatic rings. The summed E-state index contributed by atoms with van der Waals surface area (Å²) in [5.74, 6) is 0.0960. The highest BCUT2D eigenvalue weighted by Crippen LogP contribution is 2.26. The topological polar surface area (TPSA) is 61.6 Å². The molecule has 0 radical (unpaired) electrons. The van der Waals surface area contributed by atoms with E-state index in [0.717, 1.165) is 5.39 Å². The molecule has 6 heteroatoms. The molecule has 1 heterocycles. The Morgan fingerprint density at radius 2 is 1.89 bits per heavy atom. The molecule has 0 bridgehead atoms. The average Bonchev–Trinajstić information content (AvgIpc) is 3.12. The van der Waals surface area contributed by atoms with Gasteiger partial charge in [-0.05, 0) is 42.0 Å². The molecule has 0 N–H and O–H groups in total.